The SMILES string of the molecule is O=C(O)C(=O)O.O=C(c1ccccc1F)N1CCN(Cc2ccccc2)CC1. The molecule has 1 aliphatic rings. The molecule has 148 valence electrons. The second-order valence-electron chi connectivity index (χ2n) is 6.14. The molecule has 1 saturated heterocycles. The fraction of sp³-hybridized carbons (Fsp3) is 0.250. The average molecular weight is 388 g/mol. The van der Waals surface area contributed by atoms with E-state index in [-0.39, 0.29) is 11.5 Å². The normalized spacial score (nSPS) is 14.0. The molecule has 0 saturated carbocycles. The summed E-state index contributed by atoms with van der Waals surface area (Å²) in [6.07, 6.45) is 0. The van der Waals surface area contributed by atoms with Gasteiger partial charge in [-0.2, -0.15) is 0 Å². The van der Waals surface area contributed by atoms with Crippen molar-refractivity contribution < 1.29 is 29.0 Å². The first kappa shape index (κ1) is 21.0. The Morgan fingerprint density at radius 2 is 1.36 bits per heavy atom. The average Bonchev–Trinajstić information content (AvgIpc) is 2.70. The number of amides is 1. The third kappa shape index (κ3) is 6.17. The van der Waals surface area contributed by atoms with Crippen LogP contribution >= 0.6 is 0 Å². The topological polar surface area (TPSA) is 98.1 Å². The molecule has 0 spiro atoms. The van der Waals surface area contributed by atoms with E-state index in [1.54, 1.807) is 23.1 Å². The zero-order valence-electron chi connectivity index (χ0n) is 15.1. The molecule has 0 aliphatic carbocycles. The maximum absolute atomic E-state index is 13.7. The summed E-state index contributed by atoms with van der Waals surface area (Å²) >= 11 is 0. The number of carboxylic acid groups (broad SMARTS) is 2. The molecule has 8 heteroatoms. The maximum atomic E-state index is 13.7. The molecular formula is C20H21FN2O5. The van der Waals surface area contributed by atoms with E-state index in [1.165, 1.54) is 11.6 Å². The molecule has 2 aromatic carbocycles. The van der Waals surface area contributed by atoms with Crippen molar-refractivity contribution in [2.45, 2.75) is 6.54 Å². The highest BCUT2D eigenvalue weighted by Gasteiger charge is 2.23. The lowest BCUT2D eigenvalue weighted by Gasteiger charge is -2.34. The van der Waals surface area contributed by atoms with E-state index in [2.05, 4.69) is 17.0 Å². The summed E-state index contributed by atoms with van der Waals surface area (Å²) in [6.45, 7) is 3.80. The van der Waals surface area contributed by atoms with Gasteiger partial charge in [-0.1, -0.05) is 42.5 Å². The van der Waals surface area contributed by atoms with Gasteiger partial charge in [-0.15, -0.1) is 0 Å². The van der Waals surface area contributed by atoms with E-state index in [0.29, 0.717) is 13.1 Å². The number of hydrogen-bond donors (Lipinski definition) is 2. The van der Waals surface area contributed by atoms with Gasteiger partial charge in [0.1, 0.15) is 5.82 Å². The number of carbonyl (C=O) groups excluding carboxylic acids is 1. The third-order valence-electron chi connectivity index (χ3n) is 4.20. The van der Waals surface area contributed by atoms with Gasteiger partial charge in [0.2, 0.25) is 0 Å². The standard InChI is InChI=1S/C18H19FN2O.C2H2O4/c19-17-9-5-4-8-16(17)18(22)21-12-10-20(11-13-21)14-15-6-2-1-3-7-15;3-1(4)2(5)6/h1-9H,10-14H2;(H,3,4)(H,5,6). The molecule has 28 heavy (non-hydrogen) atoms. The summed E-state index contributed by atoms with van der Waals surface area (Å²) in [5.41, 5.74) is 1.44. The van der Waals surface area contributed by atoms with E-state index in [4.69, 9.17) is 19.8 Å². The minimum atomic E-state index is -1.82. The number of hydrogen-bond acceptors (Lipinski definition) is 4. The highest BCUT2D eigenvalue weighted by molar-refractivity contribution is 6.27. The van der Waals surface area contributed by atoms with Crippen LogP contribution in [0.25, 0.3) is 0 Å². The molecule has 3 rings (SSSR count). The van der Waals surface area contributed by atoms with Crippen LogP contribution in [0.3, 0.4) is 0 Å². The van der Waals surface area contributed by atoms with Gasteiger partial charge in [-0.25, -0.2) is 14.0 Å². The Balaban J connectivity index is 0.000000409. The Kier molecular flexibility index (Phi) is 7.65. The van der Waals surface area contributed by atoms with Crippen molar-refractivity contribution in [1.29, 1.82) is 0 Å². The fourth-order valence-electron chi connectivity index (χ4n) is 2.76. The van der Waals surface area contributed by atoms with E-state index in [0.717, 1.165) is 19.6 Å². The van der Waals surface area contributed by atoms with Crippen molar-refractivity contribution in [3.05, 3.63) is 71.5 Å². The molecule has 0 aromatic heterocycles. The van der Waals surface area contributed by atoms with E-state index >= 15 is 0 Å². The number of carboxylic acids is 2. The molecule has 1 aliphatic heterocycles. The van der Waals surface area contributed by atoms with Crippen molar-refractivity contribution in [1.82, 2.24) is 9.80 Å². The van der Waals surface area contributed by atoms with Crippen LogP contribution in [0, 0.1) is 5.82 Å². The molecule has 1 heterocycles. The Bertz CT molecular complexity index is 808. The van der Waals surface area contributed by atoms with Gasteiger partial charge in [0.25, 0.3) is 5.91 Å². The molecule has 7 nitrogen and oxygen atoms in total. The number of nitrogens with zero attached hydrogens (tertiary/aromatic N) is 2. The van der Waals surface area contributed by atoms with Gasteiger partial charge in [0, 0.05) is 32.7 Å². The summed E-state index contributed by atoms with van der Waals surface area (Å²) in [5, 5.41) is 14.8. The van der Waals surface area contributed by atoms with Crippen molar-refractivity contribution in [3.63, 3.8) is 0 Å². The number of rotatable bonds is 3. The number of benzene rings is 2. The molecule has 1 amide bonds. The summed E-state index contributed by atoms with van der Waals surface area (Å²) < 4.78 is 13.7. The van der Waals surface area contributed by atoms with Crippen LogP contribution in [0.1, 0.15) is 15.9 Å². The van der Waals surface area contributed by atoms with Gasteiger partial charge in [-0.05, 0) is 17.7 Å². The Hall–Kier alpha value is -3.26. The molecule has 2 N–H and O–H groups in total. The van der Waals surface area contributed by atoms with E-state index in [9.17, 15) is 9.18 Å². The summed E-state index contributed by atoms with van der Waals surface area (Å²) in [6, 6.07) is 16.5. The van der Waals surface area contributed by atoms with Gasteiger partial charge < -0.3 is 15.1 Å². The highest BCUT2D eigenvalue weighted by Crippen LogP contribution is 2.13. The second kappa shape index (κ2) is 10.2. The summed E-state index contributed by atoms with van der Waals surface area (Å²) in [5.74, 6) is -4.30. The summed E-state index contributed by atoms with van der Waals surface area (Å²) in [4.78, 5) is 34.6. The predicted molar refractivity (Wildman–Crippen MR) is 99.3 cm³/mol. The Morgan fingerprint density at radius 1 is 0.821 bits per heavy atom. The van der Waals surface area contributed by atoms with Crippen molar-refractivity contribution in [2.24, 2.45) is 0 Å². The molecule has 0 bridgehead atoms. The Labute approximate surface area is 161 Å². The van der Waals surface area contributed by atoms with Crippen molar-refractivity contribution in [3.8, 4) is 0 Å². The van der Waals surface area contributed by atoms with Gasteiger partial charge in [-0.3, -0.25) is 9.69 Å². The first-order chi connectivity index (χ1) is 13.4. The number of aliphatic carboxylic acids is 2. The maximum Gasteiger partial charge on any atom is 0.414 e. The molecule has 0 atom stereocenters. The van der Waals surface area contributed by atoms with E-state index < -0.39 is 17.8 Å². The highest BCUT2D eigenvalue weighted by atomic mass is 19.1. The van der Waals surface area contributed by atoms with E-state index in [1.807, 2.05) is 18.2 Å². The van der Waals surface area contributed by atoms with Crippen LogP contribution in [0.5, 0.6) is 0 Å². The zero-order chi connectivity index (χ0) is 20.5. The van der Waals surface area contributed by atoms with Crippen LogP contribution in [-0.4, -0.2) is 64.0 Å². The lowest BCUT2D eigenvalue weighted by Crippen LogP contribution is -2.48. The smallest absolute Gasteiger partial charge is 0.414 e. The van der Waals surface area contributed by atoms with Crippen LogP contribution in [0.4, 0.5) is 4.39 Å². The lowest BCUT2D eigenvalue weighted by molar-refractivity contribution is -0.159. The largest absolute Gasteiger partial charge is 0.473 e. The minimum absolute atomic E-state index is 0.166. The number of halogens is 1. The first-order valence-electron chi connectivity index (χ1n) is 8.64. The fourth-order valence-corrected chi connectivity index (χ4v) is 2.76. The van der Waals surface area contributed by atoms with Gasteiger partial charge >= 0.3 is 11.9 Å². The van der Waals surface area contributed by atoms with Crippen molar-refractivity contribution >= 4 is 17.8 Å². The molecule has 2 aromatic rings. The minimum Gasteiger partial charge on any atom is -0.473 e. The molecule has 0 unspecified atom stereocenters. The quantitative estimate of drug-likeness (QED) is 0.780. The van der Waals surface area contributed by atoms with Gasteiger partial charge in [0.05, 0.1) is 5.56 Å². The molecule has 1 fully saturated rings. The molecular weight excluding hydrogens is 367 g/mol. The van der Waals surface area contributed by atoms with Crippen LogP contribution < -0.4 is 0 Å². The second-order valence-corrected chi connectivity index (χ2v) is 6.14. The van der Waals surface area contributed by atoms with Crippen LogP contribution in [0.2, 0.25) is 0 Å². The predicted octanol–water partition coefficient (Wildman–Crippen LogP) is 1.94. The lowest BCUT2D eigenvalue weighted by atomic mass is 10.1. The first-order valence-corrected chi connectivity index (χ1v) is 8.64. The Morgan fingerprint density at radius 3 is 1.89 bits per heavy atom. The molecule has 0 radical (unpaired) electrons. The van der Waals surface area contributed by atoms with Crippen molar-refractivity contribution in [2.75, 3.05) is 26.2 Å². The van der Waals surface area contributed by atoms with Crippen LogP contribution in [-0.2, 0) is 16.1 Å². The third-order valence-corrected chi connectivity index (χ3v) is 4.20. The van der Waals surface area contributed by atoms with Crippen LogP contribution in [0.15, 0.2) is 54.6 Å². The number of carbonyl (C=O) groups is 3. The summed E-state index contributed by atoms with van der Waals surface area (Å²) in [7, 11) is 0. The monoisotopic (exact) mass is 388 g/mol. The van der Waals surface area contributed by atoms with Gasteiger partial charge in [0.15, 0.2) is 0 Å². The zero-order valence-corrected chi connectivity index (χ0v) is 15.1. The number of piperazine rings is 1.